The number of halogens is 1. The molecule has 0 aliphatic carbocycles. The summed E-state index contributed by atoms with van der Waals surface area (Å²) in [5.74, 6) is -0.365. The van der Waals surface area contributed by atoms with Gasteiger partial charge in [0.25, 0.3) is 0 Å². The Hall–Kier alpha value is -1.62. The molecule has 0 aliphatic heterocycles. The van der Waals surface area contributed by atoms with E-state index in [1.807, 2.05) is 13.8 Å². The summed E-state index contributed by atoms with van der Waals surface area (Å²) >= 11 is 0. The third kappa shape index (κ3) is 4.49. The number of benzene rings is 1. The zero-order chi connectivity index (χ0) is 15.6. The Balaban J connectivity index is 3.04. The van der Waals surface area contributed by atoms with Crippen molar-refractivity contribution in [2.24, 2.45) is 5.73 Å². The molecule has 0 aromatic heterocycles. The second-order valence-electron chi connectivity index (χ2n) is 6.40. The van der Waals surface area contributed by atoms with Crippen molar-refractivity contribution in [2.45, 2.75) is 45.6 Å². The van der Waals surface area contributed by atoms with E-state index in [0.29, 0.717) is 17.8 Å². The molecule has 1 amide bonds. The van der Waals surface area contributed by atoms with Gasteiger partial charge in [0, 0.05) is 17.6 Å². The first-order valence-electron chi connectivity index (χ1n) is 6.55. The summed E-state index contributed by atoms with van der Waals surface area (Å²) in [6, 6.07) is 4.20. The van der Waals surface area contributed by atoms with Crippen LogP contribution < -0.4 is 11.1 Å². The number of carbonyl (C=O) groups excluding carboxylic acids is 1. The maximum atomic E-state index is 13.4. The first-order chi connectivity index (χ1) is 9.05. The van der Waals surface area contributed by atoms with Crippen molar-refractivity contribution in [1.82, 2.24) is 0 Å². The van der Waals surface area contributed by atoms with Crippen LogP contribution in [0.3, 0.4) is 0 Å². The SMILES string of the molecule is CC(C)(C)OC(=O)Nc1ccc(F)cc1C(C)(C)CN. The fourth-order valence-corrected chi connectivity index (χ4v) is 1.71. The Morgan fingerprint density at radius 1 is 1.30 bits per heavy atom. The van der Waals surface area contributed by atoms with Gasteiger partial charge in [-0.1, -0.05) is 13.8 Å². The molecule has 20 heavy (non-hydrogen) atoms. The molecular formula is C15H23FN2O2. The van der Waals surface area contributed by atoms with Gasteiger partial charge in [-0.3, -0.25) is 5.32 Å². The molecule has 0 aliphatic rings. The molecular weight excluding hydrogens is 259 g/mol. The largest absolute Gasteiger partial charge is 0.444 e. The maximum Gasteiger partial charge on any atom is 0.412 e. The van der Waals surface area contributed by atoms with Crippen LogP contribution in [0, 0.1) is 5.82 Å². The quantitative estimate of drug-likeness (QED) is 0.893. The highest BCUT2D eigenvalue weighted by atomic mass is 19.1. The molecule has 0 saturated carbocycles. The van der Waals surface area contributed by atoms with Crippen molar-refractivity contribution in [1.29, 1.82) is 0 Å². The Bertz CT molecular complexity index is 493. The molecule has 1 rings (SSSR count). The second kappa shape index (κ2) is 5.79. The topological polar surface area (TPSA) is 64.3 Å². The average molecular weight is 282 g/mol. The number of carbonyl (C=O) groups is 1. The summed E-state index contributed by atoms with van der Waals surface area (Å²) in [6.07, 6.45) is -0.571. The molecule has 0 fully saturated rings. The van der Waals surface area contributed by atoms with Gasteiger partial charge in [-0.05, 0) is 44.5 Å². The van der Waals surface area contributed by atoms with Crippen LogP contribution in [0.5, 0.6) is 0 Å². The summed E-state index contributed by atoms with van der Waals surface area (Å²) in [5, 5.41) is 2.65. The Labute approximate surface area is 119 Å². The summed E-state index contributed by atoms with van der Waals surface area (Å²) in [4.78, 5) is 11.8. The van der Waals surface area contributed by atoms with Crippen molar-refractivity contribution in [3.63, 3.8) is 0 Å². The second-order valence-corrected chi connectivity index (χ2v) is 6.40. The highest BCUT2D eigenvalue weighted by Gasteiger charge is 2.24. The predicted molar refractivity (Wildman–Crippen MR) is 78.3 cm³/mol. The number of hydrogen-bond donors (Lipinski definition) is 2. The summed E-state index contributed by atoms with van der Waals surface area (Å²) in [7, 11) is 0. The van der Waals surface area contributed by atoms with Gasteiger partial charge in [0.2, 0.25) is 0 Å². The molecule has 0 bridgehead atoms. The minimum atomic E-state index is -0.590. The predicted octanol–water partition coefficient (Wildman–Crippen LogP) is 3.41. The van der Waals surface area contributed by atoms with E-state index in [2.05, 4.69) is 5.32 Å². The van der Waals surface area contributed by atoms with Gasteiger partial charge in [-0.2, -0.15) is 0 Å². The van der Waals surface area contributed by atoms with E-state index >= 15 is 0 Å². The van der Waals surface area contributed by atoms with E-state index in [1.54, 1.807) is 20.8 Å². The molecule has 1 aromatic carbocycles. The average Bonchev–Trinajstić information content (AvgIpc) is 2.29. The number of nitrogens with one attached hydrogen (secondary N) is 1. The van der Waals surface area contributed by atoms with E-state index in [-0.39, 0.29) is 5.82 Å². The first kappa shape index (κ1) is 16.4. The van der Waals surface area contributed by atoms with E-state index < -0.39 is 17.1 Å². The Kier molecular flexibility index (Phi) is 4.76. The van der Waals surface area contributed by atoms with Gasteiger partial charge in [0.15, 0.2) is 0 Å². The lowest BCUT2D eigenvalue weighted by atomic mass is 9.83. The molecule has 0 atom stereocenters. The molecule has 5 heteroatoms. The number of rotatable bonds is 3. The summed E-state index contributed by atoms with van der Waals surface area (Å²) < 4.78 is 18.6. The zero-order valence-corrected chi connectivity index (χ0v) is 12.7. The van der Waals surface area contributed by atoms with Gasteiger partial charge >= 0.3 is 6.09 Å². The highest BCUT2D eigenvalue weighted by molar-refractivity contribution is 5.86. The highest BCUT2D eigenvalue weighted by Crippen LogP contribution is 2.30. The number of hydrogen-bond acceptors (Lipinski definition) is 3. The first-order valence-corrected chi connectivity index (χ1v) is 6.55. The molecule has 0 unspecified atom stereocenters. The van der Waals surface area contributed by atoms with E-state index in [9.17, 15) is 9.18 Å². The lowest BCUT2D eigenvalue weighted by molar-refractivity contribution is 0.0635. The van der Waals surface area contributed by atoms with E-state index in [4.69, 9.17) is 10.5 Å². The van der Waals surface area contributed by atoms with Gasteiger partial charge in [0.1, 0.15) is 11.4 Å². The minimum Gasteiger partial charge on any atom is -0.444 e. The van der Waals surface area contributed by atoms with Crippen molar-refractivity contribution < 1.29 is 13.9 Å². The molecule has 0 radical (unpaired) electrons. The van der Waals surface area contributed by atoms with Crippen LogP contribution in [0.2, 0.25) is 0 Å². The van der Waals surface area contributed by atoms with Crippen LogP contribution >= 0.6 is 0 Å². The summed E-state index contributed by atoms with van der Waals surface area (Å²) in [5.41, 5.74) is 5.84. The lowest BCUT2D eigenvalue weighted by Gasteiger charge is -2.27. The molecule has 112 valence electrons. The fraction of sp³-hybridized carbons (Fsp3) is 0.533. The number of ether oxygens (including phenoxy) is 1. The maximum absolute atomic E-state index is 13.4. The van der Waals surface area contributed by atoms with E-state index in [1.165, 1.54) is 18.2 Å². The zero-order valence-electron chi connectivity index (χ0n) is 12.7. The molecule has 1 aromatic rings. The molecule has 3 N–H and O–H groups in total. The Morgan fingerprint density at radius 3 is 2.40 bits per heavy atom. The molecule has 4 nitrogen and oxygen atoms in total. The van der Waals surface area contributed by atoms with Crippen LogP contribution in [0.1, 0.15) is 40.2 Å². The van der Waals surface area contributed by atoms with Crippen molar-refractivity contribution in [2.75, 3.05) is 11.9 Å². The van der Waals surface area contributed by atoms with E-state index in [0.717, 1.165) is 0 Å². The van der Waals surface area contributed by atoms with Gasteiger partial charge < -0.3 is 10.5 Å². The van der Waals surface area contributed by atoms with Gasteiger partial charge in [0.05, 0.1) is 0 Å². The van der Waals surface area contributed by atoms with Gasteiger partial charge in [-0.15, -0.1) is 0 Å². The van der Waals surface area contributed by atoms with Crippen molar-refractivity contribution in [3.05, 3.63) is 29.6 Å². The Morgan fingerprint density at radius 2 is 1.90 bits per heavy atom. The lowest BCUT2D eigenvalue weighted by Crippen LogP contribution is -2.31. The van der Waals surface area contributed by atoms with Crippen LogP contribution in [0.15, 0.2) is 18.2 Å². The van der Waals surface area contributed by atoms with Crippen molar-refractivity contribution in [3.8, 4) is 0 Å². The van der Waals surface area contributed by atoms with Crippen molar-refractivity contribution >= 4 is 11.8 Å². The molecule has 0 spiro atoms. The normalized spacial score (nSPS) is 12.2. The number of nitrogens with two attached hydrogens (primary N) is 1. The standard InChI is InChI=1S/C15H23FN2O2/c1-14(2,3)20-13(19)18-12-7-6-10(16)8-11(12)15(4,5)9-17/h6-8H,9,17H2,1-5H3,(H,18,19). The minimum absolute atomic E-state index is 0.333. The molecule has 0 heterocycles. The molecule has 0 saturated heterocycles. The third-order valence-electron chi connectivity index (χ3n) is 2.86. The smallest absolute Gasteiger partial charge is 0.412 e. The number of amides is 1. The van der Waals surface area contributed by atoms with Crippen LogP contribution in [-0.4, -0.2) is 18.2 Å². The fourth-order valence-electron chi connectivity index (χ4n) is 1.71. The van der Waals surface area contributed by atoms with Crippen LogP contribution in [-0.2, 0) is 10.2 Å². The van der Waals surface area contributed by atoms with Crippen LogP contribution in [0.25, 0.3) is 0 Å². The monoisotopic (exact) mass is 282 g/mol. The number of anilines is 1. The third-order valence-corrected chi connectivity index (χ3v) is 2.86. The van der Waals surface area contributed by atoms with Gasteiger partial charge in [-0.25, -0.2) is 9.18 Å². The van der Waals surface area contributed by atoms with Crippen LogP contribution in [0.4, 0.5) is 14.9 Å². The summed E-state index contributed by atoms with van der Waals surface area (Å²) in [6.45, 7) is 9.45.